The van der Waals surface area contributed by atoms with Gasteiger partial charge in [0.2, 0.25) is 0 Å². The lowest BCUT2D eigenvalue weighted by atomic mass is 9.84. The molecule has 142 valence electrons. The van der Waals surface area contributed by atoms with E-state index < -0.39 is 69.4 Å². The minimum atomic E-state index is -4.78. The van der Waals surface area contributed by atoms with Gasteiger partial charge in [-0.2, -0.15) is 0 Å². The second-order valence-electron chi connectivity index (χ2n) is 5.96. The summed E-state index contributed by atoms with van der Waals surface area (Å²) in [5.41, 5.74) is 11.4. The predicted octanol–water partition coefficient (Wildman–Crippen LogP) is -4.29. The Labute approximate surface area is 137 Å². The number of aliphatic hydroxyl groups excluding tert-OH is 4. The van der Waals surface area contributed by atoms with Gasteiger partial charge in [-0.3, -0.25) is 4.52 Å². The second-order valence-corrected chi connectivity index (χ2v) is 7.20. The molecule has 0 radical (unpaired) electrons. The molecule has 1 saturated carbocycles. The largest absolute Gasteiger partial charge is 0.469 e. The van der Waals surface area contributed by atoms with Crippen LogP contribution >= 0.6 is 7.82 Å². The molecule has 1 saturated heterocycles. The van der Waals surface area contributed by atoms with Crippen molar-refractivity contribution in [3.8, 4) is 0 Å². The molecule has 0 aromatic heterocycles. The fourth-order valence-electron chi connectivity index (χ4n) is 2.73. The Hall–Kier alpha value is -0.210. The van der Waals surface area contributed by atoms with Crippen molar-refractivity contribution in [2.45, 2.75) is 61.4 Å². The zero-order chi connectivity index (χ0) is 18.2. The van der Waals surface area contributed by atoms with E-state index in [0.717, 1.165) is 0 Å². The van der Waals surface area contributed by atoms with Crippen LogP contribution in [0.25, 0.3) is 0 Å². The third-order valence-electron chi connectivity index (χ3n) is 4.11. The molecule has 1 aliphatic carbocycles. The van der Waals surface area contributed by atoms with E-state index in [9.17, 15) is 25.0 Å². The van der Waals surface area contributed by atoms with Gasteiger partial charge in [0.1, 0.15) is 24.4 Å². The first-order valence-electron chi connectivity index (χ1n) is 7.25. The zero-order valence-electron chi connectivity index (χ0n) is 12.5. The number of hydrogen-bond donors (Lipinski definition) is 8. The number of nitrogens with two attached hydrogens (primary N) is 2. The molecular weight excluding hydrogens is 351 g/mol. The van der Waals surface area contributed by atoms with Gasteiger partial charge in [0.25, 0.3) is 0 Å². The van der Waals surface area contributed by atoms with Gasteiger partial charge in [-0.05, 0) is 6.42 Å². The Morgan fingerprint density at radius 2 is 1.54 bits per heavy atom. The summed E-state index contributed by atoms with van der Waals surface area (Å²) in [4.78, 5) is 17.3. The Morgan fingerprint density at radius 1 is 1.00 bits per heavy atom. The maximum Gasteiger partial charge on any atom is 0.469 e. The van der Waals surface area contributed by atoms with E-state index in [1.165, 1.54) is 0 Å². The molecular formula is C11H23N2O10P. The summed E-state index contributed by atoms with van der Waals surface area (Å²) in [6, 6.07) is -1.52. The predicted molar refractivity (Wildman–Crippen MR) is 76.1 cm³/mol. The molecule has 12 nitrogen and oxygen atoms in total. The molecule has 0 aromatic rings. The van der Waals surface area contributed by atoms with Gasteiger partial charge in [-0.15, -0.1) is 0 Å². The van der Waals surface area contributed by atoms with Crippen LogP contribution in [0.15, 0.2) is 0 Å². The van der Waals surface area contributed by atoms with Crippen molar-refractivity contribution in [1.29, 1.82) is 0 Å². The lowest BCUT2D eigenvalue weighted by Gasteiger charge is -2.40. The molecule has 13 heteroatoms. The average Bonchev–Trinajstić information content (AvgIpc) is 2.74. The number of ether oxygens (including phenoxy) is 2. The van der Waals surface area contributed by atoms with Crippen molar-refractivity contribution in [1.82, 2.24) is 0 Å². The average molecular weight is 374 g/mol. The molecule has 2 fully saturated rings. The first-order valence-corrected chi connectivity index (χ1v) is 8.78. The van der Waals surface area contributed by atoms with Gasteiger partial charge in [0.05, 0.1) is 18.8 Å². The molecule has 0 amide bonds. The number of phosphoric ester groups is 1. The Kier molecular flexibility index (Phi) is 6.35. The lowest BCUT2D eigenvalue weighted by Crippen LogP contribution is -2.63. The first-order chi connectivity index (χ1) is 11.0. The molecule has 0 spiro atoms. The number of aliphatic hydroxyl groups is 4. The molecule has 2 aliphatic rings. The van der Waals surface area contributed by atoms with E-state index in [0.29, 0.717) is 0 Å². The highest BCUT2D eigenvalue weighted by Gasteiger charge is 2.49. The summed E-state index contributed by atoms with van der Waals surface area (Å²) in [7, 11) is -4.78. The topological polar surface area (TPSA) is 218 Å². The van der Waals surface area contributed by atoms with Crippen LogP contribution in [0.1, 0.15) is 6.42 Å². The van der Waals surface area contributed by atoms with Crippen LogP contribution in [0.4, 0.5) is 0 Å². The van der Waals surface area contributed by atoms with E-state index >= 15 is 0 Å². The summed E-state index contributed by atoms with van der Waals surface area (Å²) in [6.45, 7) is -0.697. The molecule has 0 aromatic carbocycles. The van der Waals surface area contributed by atoms with Crippen LogP contribution in [-0.4, -0.2) is 91.8 Å². The molecule has 10 N–H and O–H groups in total. The fourth-order valence-corrected chi connectivity index (χ4v) is 3.07. The van der Waals surface area contributed by atoms with E-state index in [-0.39, 0.29) is 6.42 Å². The van der Waals surface area contributed by atoms with Crippen LogP contribution in [-0.2, 0) is 18.6 Å². The van der Waals surface area contributed by atoms with Crippen LogP contribution < -0.4 is 11.5 Å². The highest BCUT2D eigenvalue weighted by molar-refractivity contribution is 7.46. The number of hydrogen-bond acceptors (Lipinski definition) is 10. The Balaban J connectivity index is 2.00. The summed E-state index contributed by atoms with van der Waals surface area (Å²) in [5, 5.41) is 39.8. The SMILES string of the molecule is NC1CC(N)C(O)C(OC2OC(COP(=O)(O)O)C(O)C2O)C1O. The minimum absolute atomic E-state index is 0.164. The first kappa shape index (κ1) is 20.1. The van der Waals surface area contributed by atoms with Crippen molar-refractivity contribution in [3.05, 3.63) is 0 Å². The smallest absolute Gasteiger partial charge is 0.389 e. The fraction of sp³-hybridized carbons (Fsp3) is 1.00. The minimum Gasteiger partial charge on any atom is -0.389 e. The van der Waals surface area contributed by atoms with Crippen molar-refractivity contribution >= 4 is 7.82 Å². The lowest BCUT2D eigenvalue weighted by molar-refractivity contribution is -0.241. The molecule has 0 bridgehead atoms. The van der Waals surface area contributed by atoms with Crippen molar-refractivity contribution in [2.75, 3.05) is 6.61 Å². The third-order valence-corrected chi connectivity index (χ3v) is 4.60. The Morgan fingerprint density at radius 3 is 2.04 bits per heavy atom. The van der Waals surface area contributed by atoms with Crippen LogP contribution in [0.2, 0.25) is 0 Å². The summed E-state index contributed by atoms with van der Waals surface area (Å²) >= 11 is 0. The second kappa shape index (κ2) is 7.58. The molecule has 8 atom stereocenters. The van der Waals surface area contributed by atoms with Gasteiger partial charge in [-0.1, -0.05) is 0 Å². The quantitative estimate of drug-likeness (QED) is 0.214. The standard InChI is InChI=1S/C11H23N2O10P/c12-3-1-4(13)7(15)10(6(3)14)23-11-9(17)8(16)5(22-11)2-21-24(18,19)20/h3-11,14-17H,1-2,12-13H2,(H2,18,19,20). The highest BCUT2D eigenvalue weighted by atomic mass is 31.2. The van der Waals surface area contributed by atoms with Crippen molar-refractivity contribution in [3.63, 3.8) is 0 Å². The van der Waals surface area contributed by atoms with Gasteiger partial charge < -0.3 is 51.2 Å². The van der Waals surface area contributed by atoms with Crippen LogP contribution in [0.5, 0.6) is 0 Å². The molecule has 8 unspecified atom stereocenters. The van der Waals surface area contributed by atoms with Crippen LogP contribution in [0, 0.1) is 0 Å². The molecule has 1 heterocycles. The molecule has 1 aliphatic heterocycles. The van der Waals surface area contributed by atoms with E-state index in [1.807, 2.05) is 0 Å². The van der Waals surface area contributed by atoms with Crippen molar-refractivity contribution in [2.24, 2.45) is 11.5 Å². The van der Waals surface area contributed by atoms with E-state index in [1.54, 1.807) is 0 Å². The van der Waals surface area contributed by atoms with Gasteiger partial charge in [0.15, 0.2) is 6.29 Å². The number of rotatable bonds is 5. The van der Waals surface area contributed by atoms with E-state index in [2.05, 4.69) is 4.52 Å². The monoisotopic (exact) mass is 374 g/mol. The number of phosphoric acid groups is 1. The summed E-state index contributed by atoms with van der Waals surface area (Å²) < 4.78 is 25.4. The van der Waals surface area contributed by atoms with Gasteiger partial charge in [-0.25, -0.2) is 4.57 Å². The normalized spacial score (nSPS) is 47.1. The van der Waals surface area contributed by atoms with Gasteiger partial charge in [0, 0.05) is 12.1 Å². The molecule has 24 heavy (non-hydrogen) atoms. The maximum absolute atomic E-state index is 10.7. The van der Waals surface area contributed by atoms with E-state index in [4.69, 9.17) is 30.7 Å². The Bertz CT molecular complexity index is 464. The third kappa shape index (κ3) is 4.49. The summed E-state index contributed by atoms with van der Waals surface area (Å²) in [5.74, 6) is 0. The molecule has 2 rings (SSSR count). The summed E-state index contributed by atoms with van der Waals surface area (Å²) in [6.07, 6.45) is -9.56. The van der Waals surface area contributed by atoms with Crippen LogP contribution in [0.3, 0.4) is 0 Å². The highest BCUT2D eigenvalue weighted by Crippen LogP contribution is 2.37. The van der Waals surface area contributed by atoms with Gasteiger partial charge >= 0.3 is 7.82 Å². The maximum atomic E-state index is 10.7. The van der Waals surface area contributed by atoms with Crippen molar-refractivity contribution < 1.29 is 48.8 Å². The zero-order valence-corrected chi connectivity index (χ0v) is 13.4.